The molecule has 0 unspecified atom stereocenters. The third-order valence-corrected chi connectivity index (χ3v) is 5.16. The van der Waals surface area contributed by atoms with Gasteiger partial charge < -0.3 is 19.5 Å². The molecular formula is C21H28ClN5O3. The number of guanidine groups is 1. The lowest BCUT2D eigenvalue weighted by atomic mass is 9.97. The van der Waals surface area contributed by atoms with Gasteiger partial charge in [0.2, 0.25) is 11.7 Å². The summed E-state index contributed by atoms with van der Waals surface area (Å²) in [7, 11) is 0. The molecule has 0 atom stereocenters. The standard InChI is InChI=1S/C21H28ClN5O3/c1-3-23-21(27-13-10-16(11-14-27)20(28)29-4-2)24-12-9-18-25-19(26-30-18)15-5-7-17(22)8-6-15/h5-8,16H,3-4,9-14H2,1-2H3,(H,23,24). The molecule has 1 fully saturated rings. The number of likely N-dealkylation sites (tertiary alicyclic amines) is 1. The number of esters is 1. The Kier molecular flexibility index (Phi) is 8.07. The first-order valence-electron chi connectivity index (χ1n) is 10.4. The van der Waals surface area contributed by atoms with Crippen molar-refractivity contribution in [2.24, 2.45) is 10.9 Å². The van der Waals surface area contributed by atoms with Crippen molar-refractivity contribution in [3.63, 3.8) is 0 Å². The normalized spacial score (nSPS) is 15.3. The van der Waals surface area contributed by atoms with Crippen LogP contribution in [0.5, 0.6) is 0 Å². The van der Waals surface area contributed by atoms with Crippen LogP contribution in [-0.4, -0.2) is 59.8 Å². The van der Waals surface area contributed by atoms with Crippen molar-refractivity contribution in [1.82, 2.24) is 20.4 Å². The fourth-order valence-electron chi connectivity index (χ4n) is 3.34. The Hall–Kier alpha value is -2.61. The largest absolute Gasteiger partial charge is 0.466 e. The van der Waals surface area contributed by atoms with Gasteiger partial charge in [-0.3, -0.25) is 9.79 Å². The third-order valence-electron chi connectivity index (χ3n) is 4.91. The third kappa shape index (κ3) is 5.95. The van der Waals surface area contributed by atoms with Gasteiger partial charge in [0.05, 0.1) is 19.1 Å². The number of aromatic nitrogens is 2. The zero-order valence-electron chi connectivity index (χ0n) is 17.4. The number of rotatable bonds is 7. The summed E-state index contributed by atoms with van der Waals surface area (Å²) < 4.78 is 10.5. The Morgan fingerprint density at radius 2 is 2.03 bits per heavy atom. The summed E-state index contributed by atoms with van der Waals surface area (Å²) in [6.07, 6.45) is 2.10. The van der Waals surface area contributed by atoms with Crippen LogP contribution < -0.4 is 5.32 Å². The Balaban J connectivity index is 1.54. The Labute approximate surface area is 181 Å². The fourth-order valence-corrected chi connectivity index (χ4v) is 3.47. The second-order valence-electron chi connectivity index (χ2n) is 7.02. The molecule has 3 rings (SSSR count). The maximum atomic E-state index is 11.9. The lowest BCUT2D eigenvalue weighted by Gasteiger charge is -2.33. The van der Waals surface area contributed by atoms with Crippen molar-refractivity contribution in [2.75, 3.05) is 32.8 Å². The number of nitrogens with one attached hydrogen (secondary N) is 1. The van der Waals surface area contributed by atoms with Crippen molar-refractivity contribution < 1.29 is 14.1 Å². The number of ether oxygens (including phenoxy) is 1. The highest BCUT2D eigenvalue weighted by atomic mass is 35.5. The minimum absolute atomic E-state index is 0.0197. The van der Waals surface area contributed by atoms with E-state index in [-0.39, 0.29) is 11.9 Å². The van der Waals surface area contributed by atoms with Crippen LogP contribution in [0.4, 0.5) is 0 Å². The SMILES string of the molecule is CCNC(=NCCc1nc(-c2ccc(Cl)cc2)no1)N1CCC(C(=O)OCC)CC1. The van der Waals surface area contributed by atoms with Crippen LogP contribution in [0.1, 0.15) is 32.6 Å². The van der Waals surface area contributed by atoms with Crippen LogP contribution in [0.3, 0.4) is 0 Å². The summed E-state index contributed by atoms with van der Waals surface area (Å²) in [5.41, 5.74) is 0.857. The predicted octanol–water partition coefficient (Wildman–Crippen LogP) is 3.17. The molecule has 1 aromatic carbocycles. The maximum Gasteiger partial charge on any atom is 0.309 e. The molecule has 0 saturated carbocycles. The van der Waals surface area contributed by atoms with E-state index < -0.39 is 0 Å². The van der Waals surface area contributed by atoms with Gasteiger partial charge in [0.1, 0.15) is 0 Å². The number of nitrogens with zero attached hydrogens (tertiary/aromatic N) is 4. The fraction of sp³-hybridized carbons (Fsp3) is 0.524. The number of piperidine rings is 1. The molecule has 9 heteroatoms. The molecule has 0 aliphatic carbocycles. The lowest BCUT2D eigenvalue weighted by molar-refractivity contribution is -0.149. The Bertz CT molecular complexity index is 845. The number of hydrogen-bond acceptors (Lipinski definition) is 6. The second-order valence-corrected chi connectivity index (χ2v) is 7.45. The molecule has 0 amide bonds. The van der Waals surface area contributed by atoms with Crippen LogP contribution in [0, 0.1) is 5.92 Å². The molecule has 2 heterocycles. The first kappa shape index (κ1) is 22.1. The zero-order chi connectivity index (χ0) is 21.3. The highest BCUT2D eigenvalue weighted by Crippen LogP contribution is 2.20. The van der Waals surface area contributed by atoms with E-state index in [1.807, 2.05) is 26.0 Å². The highest BCUT2D eigenvalue weighted by molar-refractivity contribution is 6.30. The molecule has 0 spiro atoms. The van der Waals surface area contributed by atoms with Crippen LogP contribution in [-0.2, 0) is 16.0 Å². The number of halogens is 1. The minimum atomic E-state index is -0.0908. The van der Waals surface area contributed by atoms with Gasteiger partial charge in [0, 0.05) is 36.6 Å². The molecule has 0 radical (unpaired) electrons. The van der Waals surface area contributed by atoms with Gasteiger partial charge in [0.25, 0.3) is 0 Å². The number of aliphatic imine (C=N–C) groups is 1. The molecule has 0 bridgehead atoms. The van der Waals surface area contributed by atoms with Gasteiger partial charge in [0.15, 0.2) is 5.96 Å². The molecule has 1 aromatic heterocycles. The predicted molar refractivity (Wildman–Crippen MR) is 115 cm³/mol. The van der Waals surface area contributed by atoms with Crippen molar-refractivity contribution >= 4 is 23.5 Å². The van der Waals surface area contributed by atoms with Gasteiger partial charge in [-0.1, -0.05) is 16.8 Å². The Morgan fingerprint density at radius 3 is 2.70 bits per heavy atom. The molecule has 1 N–H and O–H groups in total. The first-order chi connectivity index (χ1) is 14.6. The van der Waals surface area contributed by atoms with Gasteiger partial charge in [-0.2, -0.15) is 4.98 Å². The monoisotopic (exact) mass is 433 g/mol. The van der Waals surface area contributed by atoms with E-state index in [4.69, 9.17) is 25.9 Å². The quantitative estimate of drug-likeness (QED) is 0.407. The topological polar surface area (TPSA) is 92.9 Å². The average molecular weight is 434 g/mol. The second kappa shape index (κ2) is 11.0. The maximum absolute atomic E-state index is 11.9. The van der Waals surface area contributed by atoms with E-state index in [0.29, 0.717) is 36.3 Å². The van der Waals surface area contributed by atoms with Crippen molar-refractivity contribution in [3.05, 3.63) is 35.2 Å². The van der Waals surface area contributed by atoms with E-state index in [1.165, 1.54) is 0 Å². The van der Waals surface area contributed by atoms with E-state index in [0.717, 1.165) is 44.0 Å². The molecule has 1 aliphatic heterocycles. The van der Waals surface area contributed by atoms with Crippen LogP contribution >= 0.6 is 11.6 Å². The first-order valence-corrected chi connectivity index (χ1v) is 10.8. The van der Waals surface area contributed by atoms with E-state index in [9.17, 15) is 4.79 Å². The van der Waals surface area contributed by atoms with E-state index in [2.05, 4.69) is 20.4 Å². The van der Waals surface area contributed by atoms with Crippen LogP contribution in [0.15, 0.2) is 33.8 Å². The Morgan fingerprint density at radius 1 is 1.30 bits per heavy atom. The van der Waals surface area contributed by atoms with Crippen molar-refractivity contribution in [2.45, 2.75) is 33.1 Å². The summed E-state index contributed by atoms with van der Waals surface area (Å²) >= 11 is 5.92. The summed E-state index contributed by atoms with van der Waals surface area (Å²) in [6, 6.07) is 7.31. The highest BCUT2D eigenvalue weighted by Gasteiger charge is 2.27. The molecule has 1 aliphatic rings. The van der Waals surface area contributed by atoms with Gasteiger partial charge in [-0.05, 0) is 51.0 Å². The molecular weight excluding hydrogens is 406 g/mol. The van der Waals surface area contributed by atoms with Gasteiger partial charge in [-0.15, -0.1) is 0 Å². The average Bonchev–Trinajstić information content (AvgIpc) is 3.23. The zero-order valence-corrected chi connectivity index (χ0v) is 18.2. The van der Waals surface area contributed by atoms with Crippen molar-refractivity contribution in [3.8, 4) is 11.4 Å². The van der Waals surface area contributed by atoms with Gasteiger partial charge >= 0.3 is 5.97 Å². The number of carbonyl (C=O) groups is 1. The summed E-state index contributed by atoms with van der Waals surface area (Å²) in [5, 5.41) is 8.02. The summed E-state index contributed by atoms with van der Waals surface area (Å²) in [5.74, 6) is 1.82. The smallest absolute Gasteiger partial charge is 0.309 e. The number of hydrogen-bond donors (Lipinski definition) is 1. The molecule has 1 saturated heterocycles. The minimum Gasteiger partial charge on any atom is -0.466 e. The molecule has 2 aromatic rings. The van der Waals surface area contributed by atoms with Crippen molar-refractivity contribution in [1.29, 1.82) is 0 Å². The number of benzene rings is 1. The molecule has 30 heavy (non-hydrogen) atoms. The lowest BCUT2D eigenvalue weighted by Crippen LogP contribution is -2.46. The molecule has 162 valence electrons. The summed E-state index contributed by atoms with van der Waals surface area (Å²) in [6.45, 7) is 7.16. The van der Waals surface area contributed by atoms with Gasteiger partial charge in [-0.25, -0.2) is 0 Å². The number of carbonyl (C=O) groups excluding carboxylic acids is 1. The van der Waals surface area contributed by atoms with E-state index >= 15 is 0 Å². The van der Waals surface area contributed by atoms with Crippen LogP contribution in [0.25, 0.3) is 11.4 Å². The summed E-state index contributed by atoms with van der Waals surface area (Å²) in [4.78, 5) is 23.3. The van der Waals surface area contributed by atoms with E-state index in [1.54, 1.807) is 12.1 Å². The van der Waals surface area contributed by atoms with Crippen LogP contribution in [0.2, 0.25) is 5.02 Å². The molecule has 8 nitrogen and oxygen atoms in total.